The van der Waals surface area contributed by atoms with Gasteiger partial charge in [0.1, 0.15) is 0 Å². The standard InChI is InChI=1S/C25H26BrClN2O6/c1-2-3-4-11-34-24(32)16-5-8-19(9-6-16)29-14-17(12-23(29)31)25(33)35-15-22(30)28-18-7-10-20(26)21(27)13-18/h5-10,13,17H,2-4,11-12,14-15H2,1H3,(H,28,30)/t17-/m0/s1. The third kappa shape index (κ3) is 7.53. The number of nitrogens with zero attached hydrogens (tertiary/aromatic N) is 1. The molecule has 0 aliphatic carbocycles. The molecule has 1 aliphatic rings. The Morgan fingerprint density at radius 1 is 1.11 bits per heavy atom. The summed E-state index contributed by atoms with van der Waals surface area (Å²) in [7, 11) is 0. The summed E-state index contributed by atoms with van der Waals surface area (Å²) in [5, 5.41) is 3.03. The zero-order valence-electron chi connectivity index (χ0n) is 19.2. The van der Waals surface area contributed by atoms with E-state index >= 15 is 0 Å². The van der Waals surface area contributed by atoms with E-state index < -0.39 is 30.4 Å². The Labute approximate surface area is 217 Å². The molecule has 186 valence electrons. The van der Waals surface area contributed by atoms with Gasteiger partial charge in [0.05, 0.1) is 23.1 Å². The molecule has 0 saturated carbocycles. The van der Waals surface area contributed by atoms with Gasteiger partial charge in [0.15, 0.2) is 6.61 Å². The zero-order chi connectivity index (χ0) is 25.4. The summed E-state index contributed by atoms with van der Waals surface area (Å²) in [6.45, 7) is 2.09. The maximum Gasteiger partial charge on any atom is 0.338 e. The summed E-state index contributed by atoms with van der Waals surface area (Å²) in [5.41, 5.74) is 1.43. The molecule has 0 aromatic heterocycles. The van der Waals surface area contributed by atoms with Crippen LogP contribution in [0.2, 0.25) is 5.02 Å². The van der Waals surface area contributed by atoms with E-state index in [2.05, 4.69) is 28.2 Å². The number of amides is 2. The predicted molar refractivity (Wildman–Crippen MR) is 135 cm³/mol. The van der Waals surface area contributed by atoms with Gasteiger partial charge in [0.25, 0.3) is 5.91 Å². The normalized spacial score (nSPS) is 15.1. The predicted octanol–water partition coefficient (Wildman–Crippen LogP) is 4.98. The molecule has 1 atom stereocenters. The highest BCUT2D eigenvalue weighted by Crippen LogP contribution is 2.27. The van der Waals surface area contributed by atoms with Gasteiger partial charge < -0.3 is 19.7 Å². The van der Waals surface area contributed by atoms with E-state index in [-0.39, 0.29) is 18.9 Å². The number of hydrogen-bond acceptors (Lipinski definition) is 6. The fourth-order valence-corrected chi connectivity index (χ4v) is 3.95. The molecule has 1 fully saturated rings. The van der Waals surface area contributed by atoms with Gasteiger partial charge in [0, 0.05) is 28.8 Å². The van der Waals surface area contributed by atoms with Crippen molar-refractivity contribution in [1.82, 2.24) is 0 Å². The molecular weight excluding hydrogens is 540 g/mol. The molecule has 0 unspecified atom stereocenters. The number of halogens is 2. The van der Waals surface area contributed by atoms with Crippen LogP contribution in [0.15, 0.2) is 46.9 Å². The SMILES string of the molecule is CCCCCOC(=O)c1ccc(N2C[C@@H](C(=O)OCC(=O)Nc3ccc(Br)c(Cl)c3)CC2=O)cc1. The summed E-state index contributed by atoms with van der Waals surface area (Å²) >= 11 is 9.27. The Hall–Kier alpha value is -2.91. The maximum atomic E-state index is 12.5. The molecule has 8 nitrogen and oxygen atoms in total. The number of benzene rings is 2. The Morgan fingerprint density at radius 3 is 2.54 bits per heavy atom. The van der Waals surface area contributed by atoms with Crippen molar-refractivity contribution in [2.24, 2.45) is 5.92 Å². The van der Waals surface area contributed by atoms with E-state index in [9.17, 15) is 19.2 Å². The Kier molecular flexibility index (Phi) is 9.68. The number of nitrogens with one attached hydrogen (secondary N) is 1. The van der Waals surface area contributed by atoms with Crippen molar-refractivity contribution in [3.05, 3.63) is 57.5 Å². The van der Waals surface area contributed by atoms with Gasteiger partial charge in [0.2, 0.25) is 5.91 Å². The van der Waals surface area contributed by atoms with Crippen LogP contribution in [0.3, 0.4) is 0 Å². The van der Waals surface area contributed by atoms with Gasteiger partial charge in [-0.05, 0) is 64.8 Å². The van der Waals surface area contributed by atoms with Crippen molar-refractivity contribution in [2.45, 2.75) is 32.6 Å². The molecule has 35 heavy (non-hydrogen) atoms. The van der Waals surface area contributed by atoms with Gasteiger partial charge in [-0.15, -0.1) is 0 Å². The average molecular weight is 566 g/mol. The summed E-state index contributed by atoms with van der Waals surface area (Å²) in [4.78, 5) is 50.6. The highest BCUT2D eigenvalue weighted by atomic mass is 79.9. The third-order valence-electron chi connectivity index (χ3n) is 5.40. The lowest BCUT2D eigenvalue weighted by Gasteiger charge is -2.17. The first kappa shape index (κ1) is 26.7. The molecule has 1 heterocycles. The first-order valence-electron chi connectivity index (χ1n) is 11.3. The molecule has 2 aromatic rings. The number of unbranched alkanes of at least 4 members (excludes halogenated alkanes) is 2. The second-order valence-electron chi connectivity index (χ2n) is 8.08. The average Bonchev–Trinajstić information content (AvgIpc) is 3.24. The van der Waals surface area contributed by atoms with Crippen LogP contribution in [0.1, 0.15) is 43.0 Å². The first-order chi connectivity index (χ1) is 16.8. The molecule has 1 aliphatic heterocycles. The second-order valence-corrected chi connectivity index (χ2v) is 9.34. The quantitative estimate of drug-likeness (QED) is 0.322. The lowest BCUT2D eigenvalue weighted by molar-refractivity contribution is -0.151. The minimum absolute atomic E-state index is 0.0238. The van der Waals surface area contributed by atoms with E-state index in [0.29, 0.717) is 33.0 Å². The highest BCUT2D eigenvalue weighted by Gasteiger charge is 2.36. The van der Waals surface area contributed by atoms with Crippen LogP contribution >= 0.6 is 27.5 Å². The van der Waals surface area contributed by atoms with Crippen LogP contribution in [-0.4, -0.2) is 43.5 Å². The third-order valence-corrected chi connectivity index (χ3v) is 6.64. The topological polar surface area (TPSA) is 102 Å². The van der Waals surface area contributed by atoms with E-state index in [4.69, 9.17) is 21.1 Å². The van der Waals surface area contributed by atoms with Gasteiger partial charge >= 0.3 is 11.9 Å². The molecule has 2 aromatic carbocycles. The van der Waals surface area contributed by atoms with Crippen LogP contribution in [0.5, 0.6) is 0 Å². The van der Waals surface area contributed by atoms with E-state index in [1.807, 2.05) is 0 Å². The number of carbonyl (C=O) groups excluding carboxylic acids is 4. The van der Waals surface area contributed by atoms with Crippen LogP contribution in [-0.2, 0) is 23.9 Å². The Morgan fingerprint density at radius 2 is 1.86 bits per heavy atom. The van der Waals surface area contributed by atoms with Crippen molar-refractivity contribution in [3.8, 4) is 0 Å². The first-order valence-corrected chi connectivity index (χ1v) is 12.4. The molecule has 1 N–H and O–H groups in total. The molecule has 2 amide bonds. The van der Waals surface area contributed by atoms with Crippen molar-refractivity contribution in [1.29, 1.82) is 0 Å². The van der Waals surface area contributed by atoms with Crippen molar-refractivity contribution >= 4 is 62.7 Å². The van der Waals surface area contributed by atoms with Gasteiger partial charge in [-0.25, -0.2) is 4.79 Å². The molecule has 10 heteroatoms. The van der Waals surface area contributed by atoms with E-state index in [0.717, 1.165) is 19.3 Å². The van der Waals surface area contributed by atoms with Crippen LogP contribution < -0.4 is 10.2 Å². The summed E-state index contributed by atoms with van der Waals surface area (Å²) < 4.78 is 11.0. The molecule has 0 radical (unpaired) electrons. The van der Waals surface area contributed by atoms with Crippen LogP contribution in [0.4, 0.5) is 11.4 Å². The van der Waals surface area contributed by atoms with Crippen LogP contribution in [0, 0.1) is 5.92 Å². The fourth-order valence-electron chi connectivity index (χ4n) is 3.52. The van der Waals surface area contributed by atoms with E-state index in [1.165, 1.54) is 4.90 Å². The number of anilines is 2. The number of ether oxygens (including phenoxy) is 2. The van der Waals surface area contributed by atoms with Crippen LogP contribution in [0.25, 0.3) is 0 Å². The van der Waals surface area contributed by atoms with Gasteiger partial charge in [-0.2, -0.15) is 0 Å². The molecule has 3 rings (SSSR count). The maximum absolute atomic E-state index is 12.5. The zero-order valence-corrected chi connectivity index (χ0v) is 21.6. The largest absolute Gasteiger partial charge is 0.462 e. The number of esters is 2. The number of carbonyl (C=O) groups is 4. The summed E-state index contributed by atoms with van der Waals surface area (Å²) in [6, 6.07) is 11.4. The molecule has 0 bridgehead atoms. The highest BCUT2D eigenvalue weighted by molar-refractivity contribution is 9.10. The summed E-state index contributed by atoms with van der Waals surface area (Å²) in [6.07, 6.45) is 2.83. The number of hydrogen-bond donors (Lipinski definition) is 1. The van der Waals surface area contributed by atoms with Gasteiger partial charge in [-0.3, -0.25) is 14.4 Å². The molecular formula is C25H26BrClN2O6. The molecule has 1 saturated heterocycles. The lowest BCUT2D eigenvalue weighted by atomic mass is 10.1. The Bertz CT molecular complexity index is 1090. The Balaban J connectivity index is 1.48. The fraction of sp³-hybridized carbons (Fsp3) is 0.360. The smallest absolute Gasteiger partial charge is 0.338 e. The van der Waals surface area contributed by atoms with E-state index in [1.54, 1.807) is 42.5 Å². The lowest BCUT2D eigenvalue weighted by Crippen LogP contribution is -2.28. The van der Waals surface area contributed by atoms with Crippen molar-refractivity contribution in [2.75, 3.05) is 30.0 Å². The van der Waals surface area contributed by atoms with Gasteiger partial charge in [-0.1, -0.05) is 31.4 Å². The second kappa shape index (κ2) is 12.7. The molecule has 0 spiro atoms. The number of rotatable bonds is 10. The summed E-state index contributed by atoms with van der Waals surface area (Å²) in [5.74, 6) is -2.49. The monoisotopic (exact) mass is 564 g/mol. The minimum atomic E-state index is -0.694. The van der Waals surface area contributed by atoms with Crippen molar-refractivity contribution in [3.63, 3.8) is 0 Å². The van der Waals surface area contributed by atoms with Crippen molar-refractivity contribution < 1.29 is 28.7 Å². The minimum Gasteiger partial charge on any atom is -0.462 e.